The van der Waals surface area contributed by atoms with Crippen LogP contribution in [0.1, 0.15) is 17.5 Å². The van der Waals surface area contributed by atoms with E-state index in [0.29, 0.717) is 26.1 Å². The highest BCUT2D eigenvalue weighted by Crippen LogP contribution is 2.14. The lowest BCUT2D eigenvalue weighted by Crippen LogP contribution is -2.29. The van der Waals surface area contributed by atoms with Crippen molar-refractivity contribution < 1.29 is 4.79 Å². The van der Waals surface area contributed by atoms with E-state index in [0.717, 1.165) is 27.6 Å². The standard InChI is InChI=1S/C18H20Cl2N2O/c19-16-6-3-4-14(12-16)8-11-22-18(23)9-10-21-13-15-5-1-2-7-17(15)20/h1-7,12,21H,8-11,13H2,(H,22,23). The fourth-order valence-electron chi connectivity index (χ4n) is 2.19. The Bertz CT molecular complexity index is 646. The Balaban J connectivity index is 1.59. The van der Waals surface area contributed by atoms with Gasteiger partial charge in [-0.3, -0.25) is 4.79 Å². The van der Waals surface area contributed by atoms with E-state index in [-0.39, 0.29) is 5.91 Å². The predicted octanol–water partition coefficient (Wildman–Crippen LogP) is 3.83. The summed E-state index contributed by atoms with van der Waals surface area (Å²) >= 11 is 12.0. The van der Waals surface area contributed by atoms with Gasteiger partial charge in [-0.05, 0) is 35.7 Å². The second kappa shape index (κ2) is 9.56. The fraction of sp³-hybridized carbons (Fsp3) is 0.278. The second-order valence-electron chi connectivity index (χ2n) is 5.25. The Morgan fingerprint density at radius 2 is 1.83 bits per heavy atom. The molecule has 0 saturated heterocycles. The van der Waals surface area contributed by atoms with E-state index in [2.05, 4.69) is 10.6 Å². The van der Waals surface area contributed by atoms with Crippen molar-refractivity contribution in [3.8, 4) is 0 Å². The number of halogens is 2. The van der Waals surface area contributed by atoms with Gasteiger partial charge < -0.3 is 10.6 Å². The van der Waals surface area contributed by atoms with Gasteiger partial charge in [0.25, 0.3) is 0 Å². The molecule has 3 nitrogen and oxygen atoms in total. The maximum absolute atomic E-state index is 11.8. The van der Waals surface area contributed by atoms with Crippen LogP contribution in [0.3, 0.4) is 0 Å². The Morgan fingerprint density at radius 3 is 2.61 bits per heavy atom. The molecule has 2 N–H and O–H groups in total. The topological polar surface area (TPSA) is 41.1 Å². The molecule has 5 heteroatoms. The molecule has 0 atom stereocenters. The van der Waals surface area contributed by atoms with Crippen molar-refractivity contribution in [2.75, 3.05) is 13.1 Å². The van der Waals surface area contributed by atoms with Gasteiger partial charge in [0.05, 0.1) is 0 Å². The van der Waals surface area contributed by atoms with E-state index >= 15 is 0 Å². The summed E-state index contributed by atoms with van der Waals surface area (Å²) in [7, 11) is 0. The van der Waals surface area contributed by atoms with Crippen LogP contribution in [0.2, 0.25) is 10.0 Å². The number of carbonyl (C=O) groups is 1. The van der Waals surface area contributed by atoms with E-state index in [9.17, 15) is 4.79 Å². The molecule has 0 fully saturated rings. The molecule has 0 aliphatic heterocycles. The number of benzene rings is 2. The number of nitrogens with one attached hydrogen (secondary N) is 2. The van der Waals surface area contributed by atoms with Crippen molar-refractivity contribution in [1.82, 2.24) is 10.6 Å². The summed E-state index contributed by atoms with van der Waals surface area (Å²) in [5.74, 6) is 0.0405. The molecule has 2 rings (SSSR count). The summed E-state index contributed by atoms with van der Waals surface area (Å²) < 4.78 is 0. The van der Waals surface area contributed by atoms with Crippen LogP contribution in [-0.4, -0.2) is 19.0 Å². The van der Waals surface area contributed by atoms with Gasteiger partial charge >= 0.3 is 0 Å². The molecule has 0 bridgehead atoms. The zero-order valence-electron chi connectivity index (χ0n) is 12.8. The van der Waals surface area contributed by atoms with Crippen LogP contribution in [0.15, 0.2) is 48.5 Å². The SMILES string of the molecule is O=C(CCNCc1ccccc1Cl)NCCc1cccc(Cl)c1. The average molecular weight is 351 g/mol. The average Bonchev–Trinajstić information content (AvgIpc) is 2.53. The first-order valence-electron chi connectivity index (χ1n) is 7.60. The van der Waals surface area contributed by atoms with Crippen LogP contribution in [0, 0.1) is 0 Å². The number of amides is 1. The van der Waals surface area contributed by atoms with Gasteiger partial charge in [0.1, 0.15) is 0 Å². The van der Waals surface area contributed by atoms with Crippen LogP contribution in [0.4, 0.5) is 0 Å². The zero-order chi connectivity index (χ0) is 16.5. The van der Waals surface area contributed by atoms with E-state index in [4.69, 9.17) is 23.2 Å². The van der Waals surface area contributed by atoms with Crippen LogP contribution >= 0.6 is 23.2 Å². The first-order chi connectivity index (χ1) is 11.1. The lowest BCUT2D eigenvalue weighted by atomic mass is 10.1. The quantitative estimate of drug-likeness (QED) is 0.710. The van der Waals surface area contributed by atoms with Crippen LogP contribution in [-0.2, 0) is 17.8 Å². The molecular weight excluding hydrogens is 331 g/mol. The van der Waals surface area contributed by atoms with E-state index in [1.807, 2.05) is 48.5 Å². The minimum atomic E-state index is 0.0405. The smallest absolute Gasteiger partial charge is 0.221 e. The highest BCUT2D eigenvalue weighted by molar-refractivity contribution is 6.31. The molecule has 0 radical (unpaired) electrons. The molecule has 0 aliphatic rings. The molecule has 23 heavy (non-hydrogen) atoms. The number of rotatable bonds is 8. The summed E-state index contributed by atoms with van der Waals surface area (Å²) in [6, 6.07) is 15.4. The number of hydrogen-bond acceptors (Lipinski definition) is 2. The van der Waals surface area contributed by atoms with Crippen molar-refractivity contribution >= 4 is 29.1 Å². The van der Waals surface area contributed by atoms with Crippen molar-refractivity contribution in [1.29, 1.82) is 0 Å². The lowest BCUT2D eigenvalue weighted by Gasteiger charge is -2.08. The Morgan fingerprint density at radius 1 is 1.00 bits per heavy atom. The van der Waals surface area contributed by atoms with Gasteiger partial charge in [0.15, 0.2) is 0 Å². The first kappa shape index (κ1) is 17.8. The molecule has 0 unspecified atom stereocenters. The van der Waals surface area contributed by atoms with Crippen LogP contribution in [0.5, 0.6) is 0 Å². The van der Waals surface area contributed by atoms with Gasteiger partial charge in [-0.25, -0.2) is 0 Å². The molecule has 0 aliphatic carbocycles. The largest absolute Gasteiger partial charge is 0.356 e. The molecule has 0 spiro atoms. The molecule has 0 aromatic heterocycles. The highest BCUT2D eigenvalue weighted by Gasteiger charge is 2.02. The third kappa shape index (κ3) is 6.61. The molecule has 2 aromatic carbocycles. The molecule has 1 amide bonds. The van der Waals surface area contributed by atoms with Crippen molar-refractivity contribution in [2.24, 2.45) is 0 Å². The highest BCUT2D eigenvalue weighted by atomic mass is 35.5. The van der Waals surface area contributed by atoms with Crippen LogP contribution < -0.4 is 10.6 Å². The van der Waals surface area contributed by atoms with E-state index < -0.39 is 0 Å². The van der Waals surface area contributed by atoms with Gasteiger partial charge in [-0.2, -0.15) is 0 Å². The fourth-order valence-corrected chi connectivity index (χ4v) is 2.61. The third-order valence-electron chi connectivity index (χ3n) is 3.43. The third-order valence-corrected chi connectivity index (χ3v) is 4.03. The number of carbonyl (C=O) groups excluding carboxylic acids is 1. The first-order valence-corrected chi connectivity index (χ1v) is 8.36. The lowest BCUT2D eigenvalue weighted by molar-refractivity contribution is -0.120. The Labute approximate surface area is 147 Å². The summed E-state index contributed by atoms with van der Waals surface area (Å²) in [4.78, 5) is 11.8. The van der Waals surface area contributed by atoms with Gasteiger partial charge in [0, 0.05) is 36.1 Å². The van der Waals surface area contributed by atoms with Crippen molar-refractivity contribution in [3.63, 3.8) is 0 Å². The predicted molar refractivity (Wildman–Crippen MR) is 95.9 cm³/mol. The van der Waals surface area contributed by atoms with Gasteiger partial charge in [0.2, 0.25) is 5.91 Å². The molecule has 0 saturated carbocycles. The number of hydrogen-bond donors (Lipinski definition) is 2. The molecule has 2 aromatic rings. The Kier molecular flexibility index (Phi) is 7.40. The van der Waals surface area contributed by atoms with Crippen molar-refractivity contribution in [2.45, 2.75) is 19.4 Å². The molecule has 122 valence electrons. The summed E-state index contributed by atoms with van der Waals surface area (Å²) in [6.07, 6.45) is 1.22. The second-order valence-corrected chi connectivity index (χ2v) is 6.09. The van der Waals surface area contributed by atoms with Gasteiger partial charge in [-0.15, -0.1) is 0 Å². The maximum Gasteiger partial charge on any atom is 0.221 e. The molecule has 0 heterocycles. The summed E-state index contributed by atoms with van der Waals surface area (Å²) in [5, 5.41) is 7.60. The monoisotopic (exact) mass is 350 g/mol. The zero-order valence-corrected chi connectivity index (χ0v) is 14.3. The normalized spacial score (nSPS) is 10.5. The van der Waals surface area contributed by atoms with Crippen molar-refractivity contribution in [3.05, 3.63) is 69.7 Å². The van der Waals surface area contributed by atoms with E-state index in [1.54, 1.807) is 0 Å². The van der Waals surface area contributed by atoms with E-state index in [1.165, 1.54) is 0 Å². The summed E-state index contributed by atoms with van der Waals surface area (Å²) in [5.41, 5.74) is 2.16. The Hall–Kier alpha value is -1.55. The minimum Gasteiger partial charge on any atom is -0.356 e. The van der Waals surface area contributed by atoms with Gasteiger partial charge in [-0.1, -0.05) is 53.5 Å². The molecular formula is C18H20Cl2N2O. The summed E-state index contributed by atoms with van der Waals surface area (Å²) in [6.45, 7) is 1.90. The maximum atomic E-state index is 11.8. The minimum absolute atomic E-state index is 0.0405. The van der Waals surface area contributed by atoms with Crippen LogP contribution in [0.25, 0.3) is 0 Å².